The number of hydrazine groups is 1. The van der Waals surface area contributed by atoms with Crippen LogP contribution in [0, 0.1) is 0 Å². The Bertz CT molecular complexity index is 512. The van der Waals surface area contributed by atoms with Crippen LogP contribution < -0.4 is 16.6 Å². The molecule has 1 unspecified atom stereocenters. The second-order valence-corrected chi connectivity index (χ2v) is 7.02. The lowest BCUT2D eigenvalue weighted by atomic mass is 10.2. The lowest BCUT2D eigenvalue weighted by molar-refractivity contribution is 0.602. The Morgan fingerprint density at radius 2 is 2.17 bits per heavy atom. The minimum atomic E-state index is -2.90. The van der Waals surface area contributed by atoms with Crippen LogP contribution in [0.15, 0.2) is 11.2 Å². The first-order valence-corrected chi connectivity index (χ1v) is 8.43. The highest BCUT2D eigenvalue weighted by Crippen LogP contribution is 2.20. The van der Waals surface area contributed by atoms with Crippen molar-refractivity contribution in [2.45, 2.75) is 17.6 Å². The molecule has 1 aromatic rings. The lowest BCUT2D eigenvalue weighted by Gasteiger charge is -2.13. The quantitative estimate of drug-likeness (QED) is 0.309. The summed E-state index contributed by atoms with van der Waals surface area (Å²) in [5.41, 5.74) is 2.46. The maximum absolute atomic E-state index is 11.4. The molecule has 1 saturated heterocycles. The fourth-order valence-electron chi connectivity index (χ4n) is 1.78. The smallest absolute Gasteiger partial charge is 0.191 e. The monoisotopic (exact) mass is 289 g/mol. The van der Waals surface area contributed by atoms with Crippen molar-refractivity contribution in [1.29, 1.82) is 0 Å². The van der Waals surface area contributed by atoms with Gasteiger partial charge in [0.05, 0.1) is 11.5 Å². The van der Waals surface area contributed by atoms with Gasteiger partial charge in [-0.05, 0) is 12.7 Å². The van der Waals surface area contributed by atoms with E-state index in [2.05, 4.69) is 20.7 Å². The van der Waals surface area contributed by atoms with Gasteiger partial charge in [0.2, 0.25) is 0 Å². The number of aromatic nitrogens is 2. The van der Waals surface area contributed by atoms with E-state index in [1.54, 1.807) is 6.07 Å². The Labute approximate surface area is 110 Å². The molecule has 1 atom stereocenters. The molecule has 4 N–H and O–H groups in total. The summed E-state index contributed by atoms with van der Waals surface area (Å²) in [6.45, 7) is 0. The van der Waals surface area contributed by atoms with Gasteiger partial charge in [-0.1, -0.05) is 11.8 Å². The van der Waals surface area contributed by atoms with Crippen molar-refractivity contribution in [1.82, 2.24) is 9.97 Å². The van der Waals surface area contributed by atoms with Crippen molar-refractivity contribution < 1.29 is 8.42 Å². The van der Waals surface area contributed by atoms with Crippen LogP contribution in [0.4, 0.5) is 11.6 Å². The average molecular weight is 289 g/mol. The highest BCUT2D eigenvalue weighted by molar-refractivity contribution is 7.98. The molecule has 0 spiro atoms. The molecule has 100 valence electrons. The largest absolute Gasteiger partial charge is 0.366 e. The van der Waals surface area contributed by atoms with Crippen molar-refractivity contribution in [3.8, 4) is 0 Å². The van der Waals surface area contributed by atoms with Gasteiger partial charge in [-0.15, -0.1) is 0 Å². The number of nitrogens with zero attached hydrogens (tertiary/aromatic N) is 2. The highest BCUT2D eigenvalue weighted by atomic mass is 32.2. The topological polar surface area (TPSA) is 110 Å². The second-order valence-electron chi connectivity index (χ2n) is 4.01. The molecule has 1 aliphatic rings. The molecular formula is C9H15N5O2S2. The van der Waals surface area contributed by atoms with E-state index in [9.17, 15) is 8.42 Å². The van der Waals surface area contributed by atoms with Gasteiger partial charge in [0, 0.05) is 12.1 Å². The number of hydrogen-bond donors (Lipinski definition) is 3. The van der Waals surface area contributed by atoms with Gasteiger partial charge in [0.25, 0.3) is 0 Å². The fourth-order valence-corrected chi connectivity index (χ4v) is 3.83. The van der Waals surface area contributed by atoms with Crippen molar-refractivity contribution >= 4 is 33.2 Å². The van der Waals surface area contributed by atoms with E-state index >= 15 is 0 Å². The normalized spacial score (nSPS) is 21.8. The van der Waals surface area contributed by atoms with E-state index in [0.29, 0.717) is 23.2 Å². The van der Waals surface area contributed by atoms with Gasteiger partial charge in [-0.3, -0.25) is 0 Å². The van der Waals surface area contributed by atoms with Gasteiger partial charge in [0.15, 0.2) is 15.0 Å². The molecular weight excluding hydrogens is 274 g/mol. The first kappa shape index (κ1) is 13.4. The molecule has 2 heterocycles. The summed E-state index contributed by atoms with van der Waals surface area (Å²) in [6, 6.07) is 1.57. The van der Waals surface area contributed by atoms with Gasteiger partial charge in [-0.2, -0.15) is 0 Å². The van der Waals surface area contributed by atoms with Crippen LogP contribution in [0.25, 0.3) is 0 Å². The zero-order valence-electron chi connectivity index (χ0n) is 9.88. The van der Waals surface area contributed by atoms with Crippen LogP contribution in [0.3, 0.4) is 0 Å². The summed E-state index contributed by atoms with van der Waals surface area (Å²) in [4.78, 5) is 8.39. The third-order valence-electron chi connectivity index (χ3n) is 2.62. The average Bonchev–Trinajstić information content (AvgIpc) is 2.68. The summed E-state index contributed by atoms with van der Waals surface area (Å²) >= 11 is 1.39. The first-order valence-electron chi connectivity index (χ1n) is 5.39. The first-order chi connectivity index (χ1) is 8.52. The Balaban J connectivity index is 2.14. The number of nitrogens with one attached hydrogen (secondary N) is 2. The number of nitrogen functional groups attached to an aromatic ring is 1. The Morgan fingerprint density at radius 3 is 2.72 bits per heavy atom. The van der Waals surface area contributed by atoms with Crippen molar-refractivity contribution in [3.63, 3.8) is 0 Å². The molecule has 0 aliphatic carbocycles. The minimum Gasteiger partial charge on any atom is -0.366 e. The number of nitrogens with two attached hydrogens (primary N) is 1. The standard InChI is InChI=1S/C9H15N5O2S2/c1-17-9-12-7(4-8(13-9)14-10)11-6-2-3-18(15,16)5-6/h4,6H,2-3,5,10H2,1H3,(H2,11,12,13,14). The summed E-state index contributed by atoms with van der Waals surface area (Å²) in [5.74, 6) is 6.78. The van der Waals surface area contributed by atoms with Crippen LogP contribution in [0.1, 0.15) is 6.42 Å². The molecule has 1 aliphatic heterocycles. The van der Waals surface area contributed by atoms with Crippen LogP contribution in [0.5, 0.6) is 0 Å². The molecule has 18 heavy (non-hydrogen) atoms. The molecule has 0 amide bonds. The Hall–Kier alpha value is -1.06. The van der Waals surface area contributed by atoms with Crippen LogP contribution in [-0.2, 0) is 9.84 Å². The van der Waals surface area contributed by atoms with E-state index < -0.39 is 9.84 Å². The van der Waals surface area contributed by atoms with E-state index in [4.69, 9.17) is 5.84 Å². The van der Waals surface area contributed by atoms with Crippen molar-refractivity contribution in [3.05, 3.63) is 6.07 Å². The number of hydrogen-bond acceptors (Lipinski definition) is 8. The van der Waals surface area contributed by atoms with E-state index in [1.165, 1.54) is 11.8 Å². The molecule has 0 saturated carbocycles. The van der Waals surface area contributed by atoms with Crippen LogP contribution >= 0.6 is 11.8 Å². The molecule has 9 heteroatoms. The van der Waals surface area contributed by atoms with E-state index in [0.717, 1.165) is 0 Å². The highest BCUT2D eigenvalue weighted by Gasteiger charge is 2.28. The summed E-state index contributed by atoms with van der Waals surface area (Å²) in [6.07, 6.45) is 2.46. The van der Waals surface area contributed by atoms with Gasteiger partial charge < -0.3 is 10.7 Å². The predicted molar refractivity (Wildman–Crippen MR) is 72.3 cm³/mol. The lowest BCUT2D eigenvalue weighted by Crippen LogP contribution is -2.22. The maximum Gasteiger partial charge on any atom is 0.191 e. The molecule has 7 nitrogen and oxygen atoms in total. The number of thioether (sulfide) groups is 1. The second kappa shape index (κ2) is 5.29. The number of sulfone groups is 1. The molecule has 1 aromatic heterocycles. The van der Waals surface area contributed by atoms with Gasteiger partial charge in [0.1, 0.15) is 11.6 Å². The van der Waals surface area contributed by atoms with Gasteiger partial charge in [-0.25, -0.2) is 24.2 Å². The number of anilines is 2. The summed E-state index contributed by atoms with van der Waals surface area (Å²) < 4.78 is 22.7. The third kappa shape index (κ3) is 3.24. The SMILES string of the molecule is CSc1nc(NN)cc(NC2CCS(=O)(=O)C2)n1. The molecule has 0 radical (unpaired) electrons. The minimum absolute atomic E-state index is 0.0924. The maximum atomic E-state index is 11.4. The Morgan fingerprint density at radius 1 is 1.44 bits per heavy atom. The Kier molecular flexibility index (Phi) is 3.93. The van der Waals surface area contributed by atoms with Gasteiger partial charge >= 0.3 is 0 Å². The molecule has 1 fully saturated rings. The molecule has 2 rings (SSSR count). The summed E-state index contributed by atoms with van der Waals surface area (Å²) in [7, 11) is -2.90. The molecule has 0 bridgehead atoms. The predicted octanol–water partition coefficient (Wildman–Crippen LogP) is 0.0831. The van der Waals surface area contributed by atoms with E-state index in [1.807, 2.05) is 6.26 Å². The van der Waals surface area contributed by atoms with Crippen molar-refractivity contribution in [2.24, 2.45) is 5.84 Å². The fraction of sp³-hybridized carbons (Fsp3) is 0.556. The zero-order chi connectivity index (χ0) is 13.2. The van der Waals surface area contributed by atoms with Crippen LogP contribution in [0.2, 0.25) is 0 Å². The molecule has 0 aromatic carbocycles. The van der Waals surface area contributed by atoms with E-state index in [-0.39, 0.29) is 17.5 Å². The van der Waals surface area contributed by atoms with Crippen LogP contribution in [-0.4, -0.2) is 42.2 Å². The van der Waals surface area contributed by atoms with Crippen molar-refractivity contribution in [2.75, 3.05) is 28.5 Å². The number of rotatable bonds is 4. The third-order valence-corrected chi connectivity index (χ3v) is 4.94. The summed E-state index contributed by atoms with van der Waals surface area (Å²) in [5, 5.41) is 3.68. The zero-order valence-corrected chi connectivity index (χ0v) is 11.5.